The highest BCUT2D eigenvalue weighted by Gasteiger charge is 2.24. The van der Waals surface area contributed by atoms with Crippen LogP contribution in [0.4, 0.5) is 0 Å². The molecule has 1 aliphatic heterocycles. The van der Waals surface area contributed by atoms with E-state index >= 15 is 0 Å². The van der Waals surface area contributed by atoms with Crippen molar-refractivity contribution in [1.82, 2.24) is 15.5 Å². The topological polar surface area (TPSA) is 59.9 Å². The number of hydrogen-bond acceptors (Lipinski definition) is 4. The minimum atomic E-state index is 0.321. The first-order chi connectivity index (χ1) is 13.8. The number of nitrogens with one attached hydrogen (secondary N) is 2. The summed E-state index contributed by atoms with van der Waals surface area (Å²) in [6.07, 6.45) is 4.59. The largest absolute Gasteiger partial charge is 0.508 e. The Morgan fingerprint density at radius 3 is 2.64 bits per heavy atom. The van der Waals surface area contributed by atoms with Crippen molar-refractivity contribution in [2.75, 3.05) is 32.7 Å². The van der Waals surface area contributed by atoms with E-state index in [2.05, 4.69) is 40.0 Å². The quantitative estimate of drug-likeness (QED) is 0.341. The van der Waals surface area contributed by atoms with Crippen LogP contribution in [-0.2, 0) is 6.42 Å². The summed E-state index contributed by atoms with van der Waals surface area (Å²) in [5.74, 6) is 1.22. The summed E-state index contributed by atoms with van der Waals surface area (Å²) >= 11 is 1.83. The van der Waals surface area contributed by atoms with Crippen LogP contribution in [0.3, 0.4) is 0 Å². The van der Waals surface area contributed by atoms with Gasteiger partial charge in [0.2, 0.25) is 0 Å². The van der Waals surface area contributed by atoms with Crippen LogP contribution in [-0.4, -0.2) is 48.7 Å². The summed E-state index contributed by atoms with van der Waals surface area (Å²) in [4.78, 5) is 8.88. The molecule has 1 aliphatic rings. The van der Waals surface area contributed by atoms with Crippen molar-refractivity contribution < 1.29 is 5.11 Å². The number of thiophene rings is 1. The smallest absolute Gasteiger partial charge is 0.191 e. The zero-order valence-electron chi connectivity index (χ0n) is 16.7. The van der Waals surface area contributed by atoms with E-state index in [1.165, 1.54) is 36.4 Å². The second kappa shape index (κ2) is 11.1. The van der Waals surface area contributed by atoms with Crippen molar-refractivity contribution in [2.45, 2.75) is 38.6 Å². The van der Waals surface area contributed by atoms with E-state index in [-0.39, 0.29) is 0 Å². The van der Waals surface area contributed by atoms with E-state index in [0.717, 1.165) is 38.4 Å². The predicted octanol–water partition coefficient (Wildman–Crippen LogP) is 3.78. The monoisotopic (exact) mass is 400 g/mol. The molecule has 0 bridgehead atoms. The maximum Gasteiger partial charge on any atom is 0.191 e. The minimum absolute atomic E-state index is 0.321. The summed E-state index contributed by atoms with van der Waals surface area (Å²) in [7, 11) is 0. The Morgan fingerprint density at radius 2 is 1.96 bits per heavy atom. The molecule has 0 amide bonds. The maximum atomic E-state index is 9.37. The molecule has 0 aliphatic carbocycles. The first kappa shape index (κ1) is 20.7. The number of benzene rings is 1. The van der Waals surface area contributed by atoms with Crippen LogP contribution in [0.1, 0.15) is 42.7 Å². The molecule has 0 saturated carbocycles. The Bertz CT molecular complexity index is 709. The number of guanidine groups is 1. The van der Waals surface area contributed by atoms with Gasteiger partial charge in [0.15, 0.2) is 5.96 Å². The van der Waals surface area contributed by atoms with Crippen LogP contribution >= 0.6 is 11.3 Å². The van der Waals surface area contributed by atoms with Gasteiger partial charge in [-0.15, -0.1) is 11.3 Å². The Hall–Kier alpha value is -2.05. The van der Waals surface area contributed by atoms with Gasteiger partial charge in [-0.1, -0.05) is 18.2 Å². The summed E-state index contributed by atoms with van der Waals surface area (Å²) in [6, 6.07) is 12.2. The Kier molecular flexibility index (Phi) is 8.18. The van der Waals surface area contributed by atoms with Gasteiger partial charge in [-0.3, -0.25) is 9.89 Å². The number of phenols is 1. The molecule has 28 heavy (non-hydrogen) atoms. The Morgan fingerprint density at radius 1 is 1.18 bits per heavy atom. The lowest BCUT2D eigenvalue weighted by Crippen LogP contribution is -2.39. The molecule has 1 unspecified atom stereocenters. The van der Waals surface area contributed by atoms with Crippen molar-refractivity contribution in [2.24, 2.45) is 4.99 Å². The summed E-state index contributed by atoms with van der Waals surface area (Å²) in [6.45, 7) is 6.97. The number of aryl methyl sites for hydroxylation is 1. The highest BCUT2D eigenvalue weighted by molar-refractivity contribution is 7.10. The molecule has 0 radical (unpaired) electrons. The number of aliphatic imine (C=N–C) groups is 1. The number of phenolic OH excluding ortho intramolecular Hbond substituents is 1. The molecule has 1 fully saturated rings. The Labute approximate surface area is 172 Å². The molecule has 3 N–H and O–H groups in total. The third-order valence-electron chi connectivity index (χ3n) is 5.09. The molecule has 6 heteroatoms. The zero-order chi connectivity index (χ0) is 19.6. The van der Waals surface area contributed by atoms with E-state index in [1.54, 1.807) is 12.1 Å². The average molecular weight is 401 g/mol. The molecule has 0 spiro atoms. The second-order valence-corrected chi connectivity index (χ2v) is 8.17. The molecule has 1 atom stereocenters. The summed E-state index contributed by atoms with van der Waals surface area (Å²) < 4.78 is 0. The van der Waals surface area contributed by atoms with E-state index < -0.39 is 0 Å². The lowest BCUT2D eigenvalue weighted by atomic mass is 10.1. The van der Waals surface area contributed by atoms with Gasteiger partial charge >= 0.3 is 0 Å². The number of nitrogens with zero attached hydrogens (tertiary/aromatic N) is 2. The van der Waals surface area contributed by atoms with Gasteiger partial charge in [0.25, 0.3) is 0 Å². The van der Waals surface area contributed by atoms with Gasteiger partial charge in [-0.25, -0.2) is 0 Å². The van der Waals surface area contributed by atoms with Gasteiger partial charge in [0, 0.05) is 18.0 Å². The molecule has 1 saturated heterocycles. The highest BCUT2D eigenvalue weighted by Crippen LogP contribution is 2.28. The third kappa shape index (κ3) is 6.24. The van der Waals surface area contributed by atoms with Gasteiger partial charge in [0.1, 0.15) is 5.75 Å². The fourth-order valence-electron chi connectivity index (χ4n) is 3.60. The van der Waals surface area contributed by atoms with E-state index in [1.807, 2.05) is 23.5 Å². The molecular weight excluding hydrogens is 368 g/mol. The van der Waals surface area contributed by atoms with E-state index in [0.29, 0.717) is 11.8 Å². The van der Waals surface area contributed by atoms with Crippen LogP contribution < -0.4 is 10.6 Å². The highest BCUT2D eigenvalue weighted by atomic mass is 32.1. The van der Waals surface area contributed by atoms with Gasteiger partial charge in [-0.2, -0.15) is 0 Å². The lowest BCUT2D eigenvalue weighted by molar-refractivity contribution is 0.255. The van der Waals surface area contributed by atoms with Crippen LogP contribution in [0.15, 0.2) is 46.8 Å². The van der Waals surface area contributed by atoms with Gasteiger partial charge in [0.05, 0.1) is 12.6 Å². The number of rotatable bonds is 9. The second-order valence-electron chi connectivity index (χ2n) is 7.19. The predicted molar refractivity (Wildman–Crippen MR) is 118 cm³/mol. The van der Waals surface area contributed by atoms with Gasteiger partial charge in [-0.05, 0) is 74.8 Å². The molecule has 5 nitrogen and oxygen atoms in total. The molecule has 1 aromatic carbocycles. The van der Waals surface area contributed by atoms with E-state index in [9.17, 15) is 5.11 Å². The van der Waals surface area contributed by atoms with Crippen LogP contribution in [0.5, 0.6) is 5.75 Å². The summed E-state index contributed by atoms with van der Waals surface area (Å²) in [5.41, 5.74) is 1.24. The SMILES string of the molecule is CCNC(=NCC(c1cccs1)N1CCCC1)NCCCc1ccc(O)cc1. The molecule has 2 heterocycles. The zero-order valence-corrected chi connectivity index (χ0v) is 17.5. The fourth-order valence-corrected chi connectivity index (χ4v) is 4.45. The molecule has 152 valence electrons. The fraction of sp³-hybridized carbons (Fsp3) is 0.500. The van der Waals surface area contributed by atoms with E-state index in [4.69, 9.17) is 4.99 Å². The molecule has 3 rings (SSSR count). The number of hydrogen-bond donors (Lipinski definition) is 3. The minimum Gasteiger partial charge on any atom is -0.508 e. The van der Waals surface area contributed by atoms with Crippen LogP contribution in [0.25, 0.3) is 0 Å². The van der Waals surface area contributed by atoms with Crippen molar-refractivity contribution in [1.29, 1.82) is 0 Å². The average Bonchev–Trinajstić information content (AvgIpc) is 3.41. The molecular formula is C22H32N4OS. The standard InChI is InChI=1S/C22H32N4OS/c1-2-23-22(24-13-5-7-18-9-11-19(27)12-10-18)25-17-20(21-8-6-16-28-21)26-14-3-4-15-26/h6,8-12,16,20,27H,2-5,7,13-15,17H2,1H3,(H2,23,24,25). The number of likely N-dealkylation sites (tertiary alicyclic amines) is 1. The summed E-state index contributed by atoms with van der Waals surface area (Å²) in [5, 5.41) is 18.4. The normalized spacial score (nSPS) is 16.2. The number of aromatic hydroxyl groups is 1. The van der Waals surface area contributed by atoms with Crippen molar-refractivity contribution in [3.63, 3.8) is 0 Å². The first-order valence-corrected chi connectivity index (χ1v) is 11.2. The van der Waals surface area contributed by atoms with Crippen LogP contribution in [0.2, 0.25) is 0 Å². The molecule has 1 aromatic heterocycles. The van der Waals surface area contributed by atoms with Crippen molar-refractivity contribution in [3.05, 3.63) is 52.2 Å². The maximum absolute atomic E-state index is 9.37. The lowest BCUT2D eigenvalue weighted by Gasteiger charge is -2.25. The third-order valence-corrected chi connectivity index (χ3v) is 6.06. The molecule has 2 aromatic rings. The van der Waals surface area contributed by atoms with Crippen molar-refractivity contribution >= 4 is 17.3 Å². The van der Waals surface area contributed by atoms with Crippen LogP contribution in [0, 0.1) is 0 Å². The van der Waals surface area contributed by atoms with Crippen molar-refractivity contribution in [3.8, 4) is 5.75 Å². The first-order valence-electron chi connectivity index (χ1n) is 10.3. The van der Waals surface area contributed by atoms with Gasteiger partial charge < -0.3 is 15.7 Å². The Balaban J connectivity index is 1.52.